The summed E-state index contributed by atoms with van der Waals surface area (Å²) in [5.41, 5.74) is 4.93. The number of carbonyl (C=O) groups excluding carboxylic acids is 3. The Balaban J connectivity index is 1.51. The summed E-state index contributed by atoms with van der Waals surface area (Å²) in [6.45, 7) is 7.97. The molecule has 3 aromatic carbocycles. The van der Waals surface area contributed by atoms with E-state index in [-0.39, 0.29) is 37.3 Å². The standard InChI is InChI=1S/C28H30N2O6/c1-5-34-28(33)36-24-13-11-22(12-14-24)27(32)29-16-21-7-6-8-23(15-21)30-25(31)17-35-26-19(3)10-9-18(2)20(26)4/h6-15H,5,16-17H2,1-4H3,(H,29,32)(H,30,31). The highest BCUT2D eigenvalue weighted by Gasteiger charge is 2.11. The summed E-state index contributed by atoms with van der Waals surface area (Å²) in [7, 11) is 0. The molecule has 0 aliphatic rings. The molecule has 0 aliphatic heterocycles. The van der Waals surface area contributed by atoms with Crippen LogP contribution in [0.2, 0.25) is 0 Å². The number of nitrogens with one attached hydrogen (secondary N) is 2. The predicted octanol–water partition coefficient (Wildman–Crippen LogP) is 5.09. The smallest absolute Gasteiger partial charge is 0.483 e. The molecule has 36 heavy (non-hydrogen) atoms. The Hall–Kier alpha value is -4.33. The third-order valence-electron chi connectivity index (χ3n) is 5.46. The molecule has 8 nitrogen and oxygen atoms in total. The molecule has 0 saturated carbocycles. The van der Waals surface area contributed by atoms with E-state index in [9.17, 15) is 14.4 Å². The molecule has 3 rings (SSSR count). The summed E-state index contributed by atoms with van der Waals surface area (Å²) in [5.74, 6) is 0.443. The second kappa shape index (κ2) is 12.4. The molecule has 8 heteroatoms. The molecule has 0 spiro atoms. The fourth-order valence-corrected chi connectivity index (χ4v) is 3.44. The van der Waals surface area contributed by atoms with Crippen molar-refractivity contribution >= 4 is 23.7 Å². The highest BCUT2D eigenvalue weighted by Crippen LogP contribution is 2.25. The largest absolute Gasteiger partial charge is 0.513 e. The Morgan fingerprint density at radius 1 is 0.889 bits per heavy atom. The zero-order chi connectivity index (χ0) is 26.1. The second-order valence-corrected chi connectivity index (χ2v) is 8.18. The predicted molar refractivity (Wildman–Crippen MR) is 136 cm³/mol. The number of amides is 2. The molecule has 0 aliphatic carbocycles. The van der Waals surface area contributed by atoms with Crippen molar-refractivity contribution in [2.75, 3.05) is 18.5 Å². The van der Waals surface area contributed by atoms with E-state index in [1.165, 1.54) is 12.1 Å². The summed E-state index contributed by atoms with van der Waals surface area (Å²) in [6.07, 6.45) is -0.798. The van der Waals surface area contributed by atoms with Gasteiger partial charge in [0.15, 0.2) is 6.61 Å². The lowest BCUT2D eigenvalue weighted by atomic mass is 10.1. The van der Waals surface area contributed by atoms with Crippen LogP contribution < -0.4 is 20.1 Å². The Kier molecular flexibility index (Phi) is 9.05. The Morgan fingerprint density at radius 3 is 2.33 bits per heavy atom. The number of carbonyl (C=O) groups is 3. The van der Waals surface area contributed by atoms with Gasteiger partial charge in [-0.3, -0.25) is 9.59 Å². The first kappa shape index (κ1) is 26.3. The zero-order valence-electron chi connectivity index (χ0n) is 20.8. The third kappa shape index (κ3) is 7.33. The summed E-state index contributed by atoms with van der Waals surface area (Å²) in [4.78, 5) is 36.3. The third-order valence-corrected chi connectivity index (χ3v) is 5.46. The zero-order valence-corrected chi connectivity index (χ0v) is 20.8. The lowest BCUT2D eigenvalue weighted by molar-refractivity contribution is -0.118. The van der Waals surface area contributed by atoms with E-state index in [4.69, 9.17) is 14.2 Å². The first-order chi connectivity index (χ1) is 17.3. The highest BCUT2D eigenvalue weighted by atomic mass is 16.7. The van der Waals surface area contributed by atoms with Crippen LogP contribution >= 0.6 is 0 Å². The van der Waals surface area contributed by atoms with Crippen molar-refractivity contribution in [2.24, 2.45) is 0 Å². The molecule has 0 aromatic heterocycles. The monoisotopic (exact) mass is 490 g/mol. The van der Waals surface area contributed by atoms with Crippen molar-refractivity contribution in [1.82, 2.24) is 5.32 Å². The molecule has 2 amide bonds. The van der Waals surface area contributed by atoms with E-state index in [0.29, 0.717) is 11.3 Å². The molecule has 0 heterocycles. The van der Waals surface area contributed by atoms with Gasteiger partial charge in [-0.05, 0) is 86.3 Å². The molecule has 2 N–H and O–H groups in total. The van der Waals surface area contributed by atoms with E-state index >= 15 is 0 Å². The number of rotatable bonds is 9. The van der Waals surface area contributed by atoms with E-state index in [1.54, 1.807) is 37.3 Å². The maximum absolute atomic E-state index is 12.5. The quantitative estimate of drug-likeness (QED) is 0.320. The van der Waals surface area contributed by atoms with Crippen LogP contribution in [0.1, 0.15) is 39.5 Å². The molecule has 0 fully saturated rings. The van der Waals surface area contributed by atoms with Gasteiger partial charge in [0.05, 0.1) is 6.61 Å². The molecule has 3 aromatic rings. The van der Waals surface area contributed by atoms with Crippen molar-refractivity contribution in [3.8, 4) is 11.5 Å². The highest BCUT2D eigenvalue weighted by molar-refractivity contribution is 5.94. The van der Waals surface area contributed by atoms with Gasteiger partial charge in [0, 0.05) is 17.8 Å². The SMILES string of the molecule is CCOC(=O)Oc1ccc(C(=O)NCc2cccc(NC(=O)COc3c(C)ccc(C)c3C)c2)cc1. The van der Waals surface area contributed by atoms with Gasteiger partial charge in [-0.1, -0.05) is 24.3 Å². The van der Waals surface area contributed by atoms with E-state index in [1.807, 2.05) is 39.0 Å². The lowest BCUT2D eigenvalue weighted by Gasteiger charge is -2.14. The molecular weight excluding hydrogens is 460 g/mol. The van der Waals surface area contributed by atoms with Gasteiger partial charge in [0.1, 0.15) is 11.5 Å². The van der Waals surface area contributed by atoms with Crippen LogP contribution in [0.25, 0.3) is 0 Å². The van der Waals surface area contributed by atoms with Gasteiger partial charge in [-0.25, -0.2) is 4.79 Å². The Labute approximate surface area is 210 Å². The first-order valence-corrected chi connectivity index (χ1v) is 11.6. The number of ether oxygens (including phenoxy) is 3. The van der Waals surface area contributed by atoms with Crippen LogP contribution in [-0.4, -0.2) is 31.2 Å². The molecule has 188 valence electrons. The maximum atomic E-state index is 12.5. The number of aryl methyl sites for hydroxylation is 2. The topological polar surface area (TPSA) is 103 Å². The van der Waals surface area contributed by atoms with Crippen molar-refractivity contribution in [3.05, 3.63) is 88.5 Å². The minimum Gasteiger partial charge on any atom is -0.483 e. The van der Waals surface area contributed by atoms with E-state index < -0.39 is 6.16 Å². The maximum Gasteiger partial charge on any atom is 0.513 e. The van der Waals surface area contributed by atoms with Crippen LogP contribution in [-0.2, 0) is 16.1 Å². The van der Waals surface area contributed by atoms with Crippen LogP contribution in [0.15, 0.2) is 60.7 Å². The van der Waals surface area contributed by atoms with E-state index in [2.05, 4.69) is 10.6 Å². The minimum absolute atomic E-state index is 0.109. The fraction of sp³-hybridized carbons (Fsp3) is 0.250. The molecule has 0 bridgehead atoms. The molecule has 0 atom stereocenters. The second-order valence-electron chi connectivity index (χ2n) is 8.18. The van der Waals surface area contributed by atoms with Gasteiger partial charge in [0.2, 0.25) is 0 Å². The van der Waals surface area contributed by atoms with Crippen molar-refractivity contribution < 1.29 is 28.6 Å². The van der Waals surface area contributed by atoms with Crippen LogP contribution in [0.5, 0.6) is 11.5 Å². The van der Waals surface area contributed by atoms with Gasteiger partial charge < -0.3 is 24.8 Å². The van der Waals surface area contributed by atoms with Gasteiger partial charge in [0.25, 0.3) is 11.8 Å². The minimum atomic E-state index is -0.798. The summed E-state index contributed by atoms with van der Waals surface area (Å²) < 4.78 is 15.5. The average molecular weight is 491 g/mol. The average Bonchev–Trinajstić information content (AvgIpc) is 2.85. The summed E-state index contributed by atoms with van der Waals surface area (Å²) in [5, 5.41) is 5.66. The Morgan fingerprint density at radius 2 is 1.61 bits per heavy atom. The first-order valence-electron chi connectivity index (χ1n) is 11.6. The molecule has 0 unspecified atom stereocenters. The van der Waals surface area contributed by atoms with Crippen LogP contribution in [0.3, 0.4) is 0 Å². The number of hydrogen-bond acceptors (Lipinski definition) is 6. The Bertz CT molecular complexity index is 1240. The van der Waals surface area contributed by atoms with Crippen molar-refractivity contribution in [1.29, 1.82) is 0 Å². The number of anilines is 1. The van der Waals surface area contributed by atoms with Gasteiger partial charge in [-0.2, -0.15) is 0 Å². The normalized spacial score (nSPS) is 10.3. The molecule has 0 radical (unpaired) electrons. The molecular formula is C28H30N2O6. The van der Waals surface area contributed by atoms with Crippen LogP contribution in [0, 0.1) is 20.8 Å². The summed E-state index contributed by atoms with van der Waals surface area (Å²) in [6, 6.07) is 17.4. The number of benzene rings is 3. The fourth-order valence-electron chi connectivity index (χ4n) is 3.44. The summed E-state index contributed by atoms with van der Waals surface area (Å²) >= 11 is 0. The van der Waals surface area contributed by atoms with Crippen LogP contribution in [0.4, 0.5) is 10.5 Å². The van der Waals surface area contributed by atoms with Crippen molar-refractivity contribution in [3.63, 3.8) is 0 Å². The van der Waals surface area contributed by atoms with E-state index in [0.717, 1.165) is 28.0 Å². The molecule has 0 saturated heterocycles. The van der Waals surface area contributed by atoms with Crippen molar-refractivity contribution in [2.45, 2.75) is 34.2 Å². The van der Waals surface area contributed by atoms with Gasteiger partial charge >= 0.3 is 6.16 Å². The van der Waals surface area contributed by atoms with Gasteiger partial charge in [-0.15, -0.1) is 0 Å². The number of hydrogen-bond donors (Lipinski definition) is 2. The lowest BCUT2D eigenvalue weighted by Crippen LogP contribution is -2.23.